The van der Waals surface area contributed by atoms with Crippen LogP contribution in [0.15, 0.2) is 18.2 Å². The molecule has 0 bridgehead atoms. The molecule has 18 heavy (non-hydrogen) atoms. The van der Waals surface area contributed by atoms with Crippen molar-refractivity contribution in [2.24, 2.45) is 11.1 Å². The lowest BCUT2D eigenvalue weighted by Gasteiger charge is -2.24. The summed E-state index contributed by atoms with van der Waals surface area (Å²) in [5, 5.41) is 2.76. The number of halogens is 1. The summed E-state index contributed by atoms with van der Waals surface area (Å²) < 4.78 is 13.5. The molecule has 1 aromatic rings. The molecule has 0 spiro atoms. The van der Waals surface area contributed by atoms with Gasteiger partial charge in [0, 0.05) is 6.54 Å². The summed E-state index contributed by atoms with van der Waals surface area (Å²) in [6.07, 6.45) is 0.809. The molecule has 1 rings (SSSR count). The van der Waals surface area contributed by atoms with Gasteiger partial charge in [-0.25, -0.2) is 4.39 Å². The van der Waals surface area contributed by atoms with E-state index >= 15 is 0 Å². The van der Waals surface area contributed by atoms with Gasteiger partial charge in [-0.2, -0.15) is 0 Å². The molecule has 0 radical (unpaired) electrons. The predicted molar refractivity (Wildman–Crippen MR) is 70.9 cm³/mol. The SMILES string of the molecule is Cc1ccc(F)c(C(=O)NCC(C)(C)CCN)c1. The van der Waals surface area contributed by atoms with Gasteiger partial charge in [-0.1, -0.05) is 25.5 Å². The molecule has 0 atom stereocenters. The highest BCUT2D eigenvalue weighted by molar-refractivity contribution is 5.94. The average molecular weight is 252 g/mol. The summed E-state index contributed by atoms with van der Waals surface area (Å²) in [7, 11) is 0. The van der Waals surface area contributed by atoms with Crippen LogP contribution in [0.25, 0.3) is 0 Å². The maximum Gasteiger partial charge on any atom is 0.254 e. The van der Waals surface area contributed by atoms with E-state index in [0.717, 1.165) is 12.0 Å². The third-order valence-corrected chi connectivity index (χ3v) is 2.92. The molecule has 0 saturated heterocycles. The van der Waals surface area contributed by atoms with Crippen molar-refractivity contribution in [3.63, 3.8) is 0 Å². The van der Waals surface area contributed by atoms with Gasteiger partial charge in [0.2, 0.25) is 0 Å². The number of rotatable bonds is 5. The monoisotopic (exact) mass is 252 g/mol. The molecule has 0 unspecified atom stereocenters. The quantitative estimate of drug-likeness (QED) is 0.844. The fourth-order valence-corrected chi connectivity index (χ4v) is 1.71. The molecule has 0 aliphatic carbocycles. The standard InChI is InChI=1S/C14H21FN2O/c1-10-4-5-12(15)11(8-10)13(18)17-9-14(2,3)6-7-16/h4-5,8H,6-7,9,16H2,1-3H3,(H,17,18). The molecule has 0 saturated carbocycles. The Morgan fingerprint density at radius 1 is 1.44 bits per heavy atom. The minimum absolute atomic E-state index is 0.0787. The number of hydrogen-bond donors (Lipinski definition) is 2. The highest BCUT2D eigenvalue weighted by Crippen LogP contribution is 2.18. The molecule has 1 aromatic carbocycles. The van der Waals surface area contributed by atoms with Crippen molar-refractivity contribution >= 4 is 5.91 Å². The Morgan fingerprint density at radius 3 is 2.72 bits per heavy atom. The van der Waals surface area contributed by atoms with Crippen molar-refractivity contribution in [3.05, 3.63) is 35.1 Å². The van der Waals surface area contributed by atoms with E-state index in [9.17, 15) is 9.18 Å². The van der Waals surface area contributed by atoms with E-state index in [0.29, 0.717) is 13.1 Å². The second-order valence-electron chi connectivity index (χ2n) is 5.37. The highest BCUT2D eigenvalue weighted by Gasteiger charge is 2.19. The molecule has 0 aromatic heterocycles. The highest BCUT2D eigenvalue weighted by atomic mass is 19.1. The van der Waals surface area contributed by atoms with Crippen LogP contribution in [0.2, 0.25) is 0 Å². The molecular formula is C14H21FN2O. The van der Waals surface area contributed by atoms with Crippen LogP contribution in [0.1, 0.15) is 36.2 Å². The number of benzene rings is 1. The largest absolute Gasteiger partial charge is 0.351 e. The summed E-state index contributed by atoms with van der Waals surface area (Å²) in [5.41, 5.74) is 6.38. The lowest BCUT2D eigenvalue weighted by molar-refractivity contribution is 0.0931. The van der Waals surface area contributed by atoms with Gasteiger partial charge in [-0.3, -0.25) is 4.79 Å². The molecule has 3 nitrogen and oxygen atoms in total. The van der Waals surface area contributed by atoms with Crippen molar-refractivity contribution in [3.8, 4) is 0 Å². The summed E-state index contributed by atoms with van der Waals surface area (Å²) in [5.74, 6) is -0.865. The Morgan fingerprint density at radius 2 is 2.11 bits per heavy atom. The Balaban J connectivity index is 2.69. The van der Waals surface area contributed by atoms with Gasteiger partial charge in [-0.15, -0.1) is 0 Å². The Hall–Kier alpha value is -1.42. The fraction of sp³-hybridized carbons (Fsp3) is 0.500. The minimum Gasteiger partial charge on any atom is -0.351 e. The van der Waals surface area contributed by atoms with Crippen LogP contribution < -0.4 is 11.1 Å². The fourth-order valence-electron chi connectivity index (χ4n) is 1.71. The summed E-state index contributed by atoms with van der Waals surface area (Å²) in [6, 6.07) is 4.51. The van der Waals surface area contributed by atoms with Gasteiger partial charge >= 0.3 is 0 Å². The van der Waals surface area contributed by atoms with Crippen molar-refractivity contribution in [1.82, 2.24) is 5.32 Å². The number of carbonyl (C=O) groups excluding carboxylic acids is 1. The Kier molecular flexibility index (Phi) is 4.84. The van der Waals surface area contributed by atoms with Crippen LogP contribution in [0.3, 0.4) is 0 Å². The van der Waals surface area contributed by atoms with Crippen molar-refractivity contribution in [2.75, 3.05) is 13.1 Å². The van der Waals surface area contributed by atoms with E-state index in [1.54, 1.807) is 12.1 Å². The summed E-state index contributed by atoms with van der Waals surface area (Å²) >= 11 is 0. The van der Waals surface area contributed by atoms with Gasteiger partial charge in [0.25, 0.3) is 5.91 Å². The zero-order valence-corrected chi connectivity index (χ0v) is 11.2. The lowest BCUT2D eigenvalue weighted by atomic mass is 9.89. The minimum atomic E-state index is -0.491. The first kappa shape index (κ1) is 14.6. The second-order valence-corrected chi connectivity index (χ2v) is 5.37. The molecule has 0 heterocycles. The zero-order valence-electron chi connectivity index (χ0n) is 11.2. The second kappa shape index (κ2) is 5.96. The van der Waals surface area contributed by atoms with Crippen molar-refractivity contribution in [2.45, 2.75) is 27.2 Å². The molecule has 0 aliphatic rings. The van der Waals surface area contributed by atoms with Crippen molar-refractivity contribution < 1.29 is 9.18 Å². The van der Waals surface area contributed by atoms with Crippen LogP contribution in [0, 0.1) is 18.2 Å². The number of carbonyl (C=O) groups is 1. The Labute approximate surface area is 108 Å². The number of nitrogens with one attached hydrogen (secondary N) is 1. The lowest BCUT2D eigenvalue weighted by Crippen LogP contribution is -2.35. The molecule has 1 amide bonds. The van der Waals surface area contributed by atoms with Gasteiger partial charge in [-0.05, 0) is 37.4 Å². The van der Waals surface area contributed by atoms with E-state index in [4.69, 9.17) is 5.73 Å². The third-order valence-electron chi connectivity index (χ3n) is 2.92. The van der Waals surface area contributed by atoms with Gasteiger partial charge < -0.3 is 11.1 Å². The number of nitrogens with two attached hydrogens (primary N) is 1. The normalized spacial score (nSPS) is 11.4. The first-order valence-electron chi connectivity index (χ1n) is 6.10. The van der Waals surface area contributed by atoms with E-state index in [2.05, 4.69) is 5.32 Å². The number of aryl methyl sites for hydroxylation is 1. The van der Waals surface area contributed by atoms with Crippen LogP contribution in [-0.2, 0) is 0 Å². The molecule has 4 heteroatoms. The molecule has 0 fully saturated rings. The van der Waals surface area contributed by atoms with E-state index in [1.165, 1.54) is 6.07 Å². The van der Waals surface area contributed by atoms with Crippen LogP contribution in [0.5, 0.6) is 0 Å². The smallest absolute Gasteiger partial charge is 0.254 e. The van der Waals surface area contributed by atoms with Crippen LogP contribution in [-0.4, -0.2) is 19.0 Å². The molecule has 100 valence electrons. The first-order valence-corrected chi connectivity index (χ1v) is 6.10. The summed E-state index contributed by atoms with van der Waals surface area (Å²) in [6.45, 7) is 6.92. The van der Waals surface area contributed by atoms with E-state index in [-0.39, 0.29) is 16.9 Å². The third kappa shape index (κ3) is 4.11. The van der Waals surface area contributed by atoms with Crippen molar-refractivity contribution in [1.29, 1.82) is 0 Å². The maximum atomic E-state index is 13.5. The van der Waals surface area contributed by atoms with Crippen LogP contribution >= 0.6 is 0 Å². The average Bonchev–Trinajstić information content (AvgIpc) is 2.29. The summed E-state index contributed by atoms with van der Waals surface area (Å²) in [4.78, 5) is 11.9. The number of hydrogen-bond acceptors (Lipinski definition) is 2. The van der Waals surface area contributed by atoms with Gasteiger partial charge in [0.1, 0.15) is 5.82 Å². The maximum absolute atomic E-state index is 13.5. The van der Waals surface area contributed by atoms with E-state index < -0.39 is 5.82 Å². The molecule has 0 aliphatic heterocycles. The van der Waals surface area contributed by atoms with Gasteiger partial charge in [0.05, 0.1) is 5.56 Å². The number of amides is 1. The first-order chi connectivity index (χ1) is 8.35. The van der Waals surface area contributed by atoms with E-state index in [1.807, 2.05) is 20.8 Å². The van der Waals surface area contributed by atoms with Gasteiger partial charge in [0.15, 0.2) is 0 Å². The topological polar surface area (TPSA) is 55.1 Å². The molecule has 3 N–H and O–H groups in total. The Bertz CT molecular complexity index is 430. The predicted octanol–water partition coefficient (Wildman–Crippen LogP) is 2.24. The zero-order chi connectivity index (χ0) is 13.8. The van der Waals surface area contributed by atoms with Crippen LogP contribution in [0.4, 0.5) is 4.39 Å². The molecular weight excluding hydrogens is 231 g/mol.